The van der Waals surface area contributed by atoms with E-state index in [1.165, 1.54) is 12.1 Å². The summed E-state index contributed by atoms with van der Waals surface area (Å²) in [5.74, 6) is -0.0431. The summed E-state index contributed by atoms with van der Waals surface area (Å²) in [5, 5.41) is 27.0. The maximum atomic E-state index is 9.37. The third-order valence-corrected chi connectivity index (χ3v) is 1.85. The van der Waals surface area contributed by atoms with Crippen molar-refractivity contribution in [3.63, 3.8) is 0 Å². The first kappa shape index (κ1) is 9.83. The van der Waals surface area contributed by atoms with Crippen LogP contribution in [-0.4, -0.2) is 21.9 Å². The highest BCUT2D eigenvalue weighted by Gasteiger charge is 2.10. The number of hydrogen-bond donors (Lipinski definition) is 4. The Bertz CT molecular complexity index is 288. The number of aliphatic hydroxyl groups excluding tert-OH is 1. The molecule has 0 saturated heterocycles. The molecule has 1 atom stereocenters. The van der Waals surface area contributed by atoms with Gasteiger partial charge in [-0.1, -0.05) is 6.07 Å². The molecule has 0 aliphatic heterocycles. The molecule has 0 fully saturated rings. The van der Waals surface area contributed by atoms with Crippen LogP contribution in [0.2, 0.25) is 0 Å². The maximum absolute atomic E-state index is 9.37. The van der Waals surface area contributed by atoms with Gasteiger partial charge < -0.3 is 21.1 Å². The molecular weight excluding hydrogens is 170 g/mol. The molecule has 0 unspecified atom stereocenters. The predicted molar refractivity (Wildman–Crippen MR) is 48.4 cm³/mol. The summed E-state index contributed by atoms with van der Waals surface area (Å²) >= 11 is 0. The van der Waals surface area contributed by atoms with Gasteiger partial charge >= 0.3 is 0 Å². The molecule has 0 aromatic heterocycles. The van der Waals surface area contributed by atoms with Gasteiger partial charge in [0.15, 0.2) is 0 Å². The lowest BCUT2D eigenvalue weighted by molar-refractivity contribution is 0.275. The average Bonchev–Trinajstić information content (AvgIpc) is 2.04. The van der Waals surface area contributed by atoms with Gasteiger partial charge in [-0.3, -0.25) is 0 Å². The lowest BCUT2D eigenvalue weighted by Crippen LogP contribution is -2.11. The molecule has 0 radical (unpaired) electrons. The van der Waals surface area contributed by atoms with E-state index in [0.717, 1.165) is 0 Å². The number of aromatic hydroxyl groups is 2. The molecule has 1 aromatic rings. The van der Waals surface area contributed by atoms with Crippen LogP contribution in [0.25, 0.3) is 0 Å². The van der Waals surface area contributed by atoms with Gasteiger partial charge in [-0.15, -0.1) is 0 Å². The number of phenols is 2. The van der Waals surface area contributed by atoms with E-state index < -0.39 is 6.04 Å². The fourth-order valence-corrected chi connectivity index (χ4v) is 1.14. The van der Waals surface area contributed by atoms with Crippen LogP contribution in [0.1, 0.15) is 18.0 Å². The molecule has 0 aliphatic rings. The number of aliphatic hydroxyl groups is 1. The van der Waals surface area contributed by atoms with Gasteiger partial charge in [0.05, 0.1) is 0 Å². The highest BCUT2D eigenvalue weighted by Crippen LogP contribution is 2.27. The van der Waals surface area contributed by atoms with Gasteiger partial charge in [0.2, 0.25) is 0 Å². The second-order valence-electron chi connectivity index (χ2n) is 2.86. The predicted octanol–water partition coefficient (Wildman–Crippen LogP) is 0.480. The Labute approximate surface area is 76.2 Å². The van der Waals surface area contributed by atoms with Crippen molar-refractivity contribution in [2.45, 2.75) is 12.5 Å². The van der Waals surface area contributed by atoms with E-state index in [1.54, 1.807) is 6.07 Å². The zero-order valence-corrected chi connectivity index (χ0v) is 7.14. The first-order chi connectivity index (χ1) is 6.15. The van der Waals surface area contributed by atoms with Crippen molar-refractivity contribution >= 4 is 0 Å². The smallest absolute Gasteiger partial charge is 0.124 e. The van der Waals surface area contributed by atoms with Crippen molar-refractivity contribution < 1.29 is 15.3 Å². The molecule has 0 spiro atoms. The van der Waals surface area contributed by atoms with Crippen molar-refractivity contribution in [2.75, 3.05) is 6.61 Å². The lowest BCUT2D eigenvalue weighted by atomic mass is 10.0. The van der Waals surface area contributed by atoms with Crippen molar-refractivity contribution in [3.05, 3.63) is 23.8 Å². The van der Waals surface area contributed by atoms with Crippen LogP contribution in [0.5, 0.6) is 11.5 Å². The fourth-order valence-electron chi connectivity index (χ4n) is 1.14. The van der Waals surface area contributed by atoms with Crippen molar-refractivity contribution in [2.24, 2.45) is 5.73 Å². The van der Waals surface area contributed by atoms with Crippen LogP contribution in [-0.2, 0) is 0 Å². The van der Waals surface area contributed by atoms with Crippen molar-refractivity contribution in [1.29, 1.82) is 0 Å². The number of hydrogen-bond acceptors (Lipinski definition) is 4. The van der Waals surface area contributed by atoms with E-state index in [0.29, 0.717) is 12.0 Å². The Hall–Kier alpha value is -1.26. The molecule has 0 saturated carbocycles. The average molecular weight is 183 g/mol. The van der Waals surface area contributed by atoms with Gasteiger partial charge in [0.1, 0.15) is 11.5 Å². The fraction of sp³-hybridized carbons (Fsp3) is 0.333. The second-order valence-corrected chi connectivity index (χ2v) is 2.86. The van der Waals surface area contributed by atoms with E-state index in [4.69, 9.17) is 15.9 Å². The summed E-state index contributed by atoms with van der Waals surface area (Å²) in [5.41, 5.74) is 6.19. The van der Waals surface area contributed by atoms with Gasteiger partial charge in [-0.2, -0.15) is 0 Å². The molecular formula is C9H13NO3. The number of rotatable bonds is 3. The van der Waals surface area contributed by atoms with Gasteiger partial charge in [-0.25, -0.2) is 0 Å². The molecule has 4 nitrogen and oxygen atoms in total. The third kappa shape index (κ3) is 2.34. The minimum atomic E-state index is -0.398. The summed E-state index contributed by atoms with van der Waals surface area (Å²) in [7, 11) is 0. The monoisotopic (exact) mass is 183 g/mol. The zero-order valence-electron chi connectivity index (χ0n) is 7.14. The summed E-state index contributed by atoms with van der Waals surface area (Å²) in [4.78, 5) is 0. The maximum Gasteiger partial charge on any atom is 0.124 e. The van der Waals surface area contributed by atoms with E-state index in [2.05, 4.69) is 0 Å². The molecule has 1 rings (SSSR count). The molecule has 0 heterocycles. The van der Waals surface area contributed by atoms with Gasteiger partial charge in [0, 0.05) is 24.3 Å². The highest BCUT2D eigenvalue weighted by molar-refractivity contribution is 5.40. The number of phenolic OH excluding ortho intramolecular Hbond substituents is 2. The summed E-state index contributed by atoms with van der Waals surface area (Å²) in [6.45, 7) is -0.0263. The van der Waals surface area contributed by atoms with Crippen molar-refractivity contribution in [1.82, 2.24) is 0 Å². The largest absolute Gasteiger partial charge is 0.508 e. The molecule has 72 valence electrons. The SMILES string of the molecule is N[C@H](CCO)c1ccc(O)cc1O. The van der Waals surface area contributed by atoms with Crippen LogP contribution in [0.4, 0.5) is 0 Å². The van der Waals surface area contributed by atoms with Crippen LogP contribution in [0.3, 0.4) is 0 Å². The summed E-state index contributed by atoms with van der Waals surface area (Å²) < 4.78 is 0. The molecule has 0 bridgehead atoms. The Morgan fingerprint density at radius 2 is 2.00 bits per heavy atom. The van der Waals surface area contributed by atoms with Crippen LogP contribution in [0.15, 0.2) is 18.2 Å². The number of nitrogens with two attached hydrogens (primary N) is 1. The Morgan fingerprint density at radius 3 is 2.54 bits per heavy atom. The van der Waals surface area contributed by atoms with E-state index >= 15 is 0 Å². The zero-order chi connectivity index (χ0) is 9.84. The molecule has 5 N–H and O–H groups in total. The first-order valence-corrected chi connectivity index (χ1v) is 4.03. The molecule has 0 amide bonds. The van der Waals surface area contributed by atoms with Crippen molar-refractivity contribution in [3.8, 4) is 11.5 Å². The topological polar surface area (TPSA) is 86.7 Å². The Morgan fingerprint density at radius 1 is 1.31 bits per heavy atom. The first-order valence-electron chi connectivity index (χ1n) is 4.03. The van der Waals surface area contributed by atoms with Crippen LogP contribution >= 0.6 is 0 Å². The minimum Gasteiger partial charge on any atom is -0.508 e. The van der Waals surface area contributed by atoms with E-state index in [-0.39, 0.29) is 18.1 Å². The minimum absolute atomic E-state index is 0.00236. The molecule has 0 aliphatic carbocycles. The Balaban J connectivity index is 2.88. The van der Waals surface area contributed by atoms with Gasteiger partial charge in [0.25, 0.3) is 0 Å². The molecule has 1 aromatic carbocycles. The molecule has 13 heavy (non-hydrogen) atoms. The lowest BCUT2D eigenvalue weighted by Gasteiger charge is -2.11. The number of benzene rings is 1. The van der Waals surface area contributed by atoms with Gasteiger partial charge in [-0.05, 0) is 12.5 Å². The third-order valence-electron chi connectivity index (χ3n) is 1.85. The molecule has 4 heteroatoms. The Kier molecular flexibility index (Phi) is 3.11. The summed E-state index contributed by atoms with van der Waals surface area (Å²) in [6.07, 6.45) is 0.387. The van der Waals surface area contributed by atoms with E-state index in [1.807, 2.05) is 0 Å². The normalized spacial score (nSPS) is 12.8. The second kappa shape index (κ2) is 4.11. The highest BCUT2D eigenvalue weighted by atomic mass is 16.3. The van der Waals surface area contributed by atoms with Crippen LogP contribution in [0, 0.1) is 0 Å². The van der Waals surface area contributed by atoms with Crippen LogP contribution < -0.4 is 5.73 Å². The standard InChI is InChI=1S/C9H13NO3/c10-8(3-4-11)7-2-1-6(12)5-9(7)13/h1-2,5,8,11-13H,3-4,10H2/t8-/m1/s1. The summed E-state index contributed by atoms with van der Waals surface area (Å²) in [6, 6.07) is 3.83. The van der Waals surface area contributed by atoms with E-state index in [9.17, 15) is 5.11 Å². The quantitative estimate of drug-likeness (QED) is 0.549.